The molecule has 174 valence electrons. The van der Waals surface area contributed by atoms with Crippen molar-refractivity contribution in [3.63, 3.8) is 0 Å². The summed E-state index contributed by atoms with van der Waals surface area (Å²) in [7, 11) is 0. The second-order valence-electron chi connectivity index (χ2n) is 11.9. The van der Waals surface area contributed by atoms with Gasteiger partial charge in [0, 0.05) is 31.3 Å². The second kappa shape index (κ2) is 8.41. The van der Waals surface area contributed by atoms with E-state index in [1.165, 1.54) is 5.57 Å². The van der Waals surface area contributed by atoms with E-state index in [1.54, 1.807) is 0 Å². The van der Waals surface area contributed by atoms with Gasteiger partial charge in [-0.2, -0.15) is 0 Å². The van der Waals surface area contributed by atoms with Crippen LogP contribution < -0.4 is 0 Å². The lowest BCUT2D eigenvalue weighted by Crippen LogP contribution is -2.51. The van der Waals surface area contributed by atoms with Gasteiger partial charge in [-0.3, -0.25) is 9.59 Å². The predicted octanol–water partition coefficient (Wildman–Crippen LogP) is 4.72. The Morgan fingerprint density at radius 2 is 1.90 bits per heavy atom. The van der Waals surface area contributed by atoms with Crippen molar-refractivity contribution in [1.29, 1.82) is 0 Å². The molecule has 2 N–H and O–H groups in total. The van der Waals surface area contributed by atoms with E-state index in [9.17, 15) is 19.8 Å². The van der Waals surface area contributed by atoms with Gasteiger partial charge in [-0.05, 0) is 79.4 Å². The summed E-state index contributed by atoms with van der Waals surface area (Å²) < 4.78 is 0. The highest BCUT2D eigenvalue weighted by Gasteiger charge is 2.62. The summed E-state index contributed by atoms with van der Waals surface area (Å²) in [4.78, 5) is 26.3. The molecular weight excluding hydrogens is 388 g/mol. The lowest BCUT2D eigenvalue weighted by Gasteiger charge is -2.58. The van der Waals surface area contributed by atoms with Gasteiger partial charge in [0.05, 0.1) is 6.10 Å². The maximum absolute atomic E-state index is 13.3. The van der Waals surface area contributed by atoms with E-state index < -0.39 is 0 Å². The van der Waals surface area contributed by atoms with Crippen LogP contribution in [0, 0.1) is 46.3 Å². The normalized spacial score (nSPS) is 44.0. The molecule has 4 nitrogen and oxygen atoms in total. The van der Waals surface area contributed by atoms with Gasteiger partial charge in [0.2, 0.25) is 0 Å². The lowest BCUT2D eigenvalue weighted by molar-refractivity contribution is -0.134. The summed E-state index contributed by atoms with van der Waals surface area (Å²) in [5.41, 5.74) is 1.55. The van der Waals surface area contributed by atoms with Crippen molar-refractivity contribution >= 4 is 11.6 Å². The molecule has 0 bridgehead atoms. The van der Waals surface area contributed by atoms with Gasteiger partial charge < -0.3 is 10.2 Å². The van der Waals surface area contributed by atoms with Crippen molar-refractivity contribution in [2.24, 2.45) is 46.3 Å². The number of fused-ring (bicyclic) bond motifs is 5. The fourth-order valence-corrected chi connectivity index (χ4v) is 8.22. The minimum absolute atomic E-state index is 0.0776. The molecule has 9 atom stereocenters. The SMILES string of the molecule is C[C@H](CO)CCC(=O)[C@H](C)[C@@H]1C(=O)C[C@H]2[C@@H]3CC=C4C[C@H](O)CC[C@]4(C)[C@H]3CC[C@@]21C. The van der Waals surface area contributed by atoms with Crippen LogP contribution in [0.15, 0.2) is 11.6 Å². The second-order valence-corrected chi connectivity index (χ2v) is 11.9. The van der Waals surface area contributed by atoms with Crippen molar-refractivity contribution < 1.29 is 19.8 Å². The Bertz CT molecular complexity index is 756. The number of rotatable bonds is 6. The van der Waals surface area contributed by atoms with Crippen LogP contribution in [0.3, 0.4) is 0 Å². The molecule has 0 spiro atoms. The van der Waals surface area contributed by atoms with E-state index >= 15 is 0 Å². The van der Waals surface area contributed by atoms with E-state index in [0.717, 1.165) is 38.5 Å². The van der Waals surface area contributed by atoms with Crippen LogP contribution in [-0.2, 0) is 9.59 Å². The lowest BCUT2D eigenvalue weighted by atomic mass is 9.47. The Morgan fingerprint density at radius 3 is 2.61 bits per heavy atom. The van der Waals surface area contributed by atoms with Crippen molar-refractivity contribution in [2.45, 2.75) is 91.6 Å². The first-order valence-electron chi connectivity index (χ1n) is 12.7. The molecule has 0 aromatic rings. The Kier molecular flexibility index (Phi) is 6.28. The number of carbonyl (C=O) groups is 2. The molecule has 0 aromatic carbocycles. The molecule has 0 aromatic heterocycles. The standard InChI is InChI=1S/C27H42O4/c1-16(15-28)5-8-23(30)17(2)25-24(31)14-22-20-7-6-18-13-19(29)9-11-26(18,3)21(20)10-12-27(22,25)4/h6,16-17,19-22,25,28-29H,5,7-15H2,1-4H3/t16-,17-,19+,20+,21-,22-,25+,26-,27-/m0/s1. The molecule has 0 amide bonds. The Hall–Kier alpha value is -1.00. The fraction of sp³-hybridized carbons (Fsp3) is 0.852. The van der Waals surface area contributed by atoms with E-state index in [-0.39, 0.29) is 47.1 Å². The Labute approximate surface area is 187 Å². The number of Topliss-reactive ketones (excluding diaryl/α,β-unsaturated/α-hetero) is 2. The van der Waals surface area contributed by atoms with Crippen molar-refractivity contribution in [1.82, 2.24) is 0 Å². The highest BCUT2D eigenvalue weighted by Crippen LogP contribution is 2.66. The van der Waals surface area contributed by atoms with Gasteiger partial charge in [-0.1, -0.05) is 39.3 Å². The van der Waals surface area contributed by atoms with Crippen LogP contribution in [0.1, 0.15) is 85.5 Å². The van der Waals surface area contributed by atoms with Gasteiger partial charge in [0.1, 0.15) is 11.6 Å². The topological polar surface area (TPSA) is 74.6 Å². The molecule has 3 fully saturated rings. The molecule has 4 aliphatic rings. The molecule has 0 unspecified atom stereocenters. The molecule has 3 saturated carbocycles. The number of hydrogen-bond acceptors (Lipinski definition) is 4. The molecule has 0 radical (unpaired) electrons. The highest BCUT2D eigenvalue weighted by molar-refractivity contribution is 5.92. The zero-order valence-corrected chi connectivity index (χ0v) is 19.9. The number of allylic oxidation sites excluding steroid dienone is 1. The fourth-order valence-electron chi connectivity index (χ4n) is 8.22. The van der Waals surface area contributed by atoms with E-state index in [1.807, 2.05) is 13.8 Å². The largest absolute Gasteiger partial charge is 0.396 e. The predicted molar refractivity (Wildman–Crippen MR) is 121 cm³/mol. The summed E-state index contributed by atoms with van der Waals surface area (Å²) in [6.07, 6.45) is 9.96. The molecule has 4 rings (SSSR count). The Balaban J connectivity index is 1.54. The van der Waals surface area contributed by atoms with Crippen LogP contribution in [0.4, 0.5) is 0 Å². The first-order chi connectivity index (χ1) is 14.6. The van der Waals surface area contributed by atoms with Gasteiger partial charge in [-0.25, -0.2) is 0 Å². The van der Waals surface area contributed by atoms with E-state index in [0.29, 0.717) is 42.8 Å². The molecule has 31 heavy (non-hydrogen) atoms. The van der Waals surface area contributed by atoms with Crippen LogP contribution in [0.25, 0.3) is 0 Å². The molecule has 0 saturated heterocycles. The van der Waals surface area contributed by atoms with Crippen LogP contribution in [0.5, 0.6) is 0 Å². The summed E-state index contributed by atoms with van der Waals surface area (Å²) >= 11 is 0. The average Bonchev–Trinajstić information content (AvgIpc) is 3.01. The maximum Gasteiger partial charge on any atom is 0.137 e. The number of aliphatic hydroxyl groups excluding tert-OH is 2. The zero-order chi connectivity index (χ0) is 22.6. The number of ketones is 2. The first-order valence-corrected chi connectivity index (χ1v) is 12.7. The zero-order valence-electron chi connectivity index (χ0n) is 19.9. The quantitative estimate of drug-likeness (QED) is 0.598. The molecule has 4 heteroatoms. The van der Waals surface area contributed by atoms with Gasteiger partial charge in [0.15, 0.2) is 0 Å². The molecule has 0 heterocycles. The smallest absolute Gasteiger partial charge is 0.137 e. The minimum Gasteiger partial charge on any atom is -0.396 e. The minimum atomic E-state index is -0.222. The Morgan fingerprint density at radius 1 is 1.16 bits per heavy atom. The van der Waals surface area contributed by atoms with Crippen molar-refractivity contribution in [3.8, 4) is 0 Å². The van der Waals surface area contributed by atoms with Crippen LogP contribution >= 0.6 is 0 Å². The van der Waals surface area contributed by atoms with Crippen molar-refractivity contribution in [3.05, 3.63) is 11.6 Å². The third kappa shape index (κ3) is 3.76. The third-order valence-electron chi connectivity index (χ3n) is 10.2. The van der Waals surface area contributed by atoms with Crippen LogP contribution in [0.2, 0.25) is 0 Å². The number of aliphatic hydroxyl groups is 2. The third-order valence-corrected chi connectivity index (χ3v) is 10.2. The maximum atomic E-state index is 13.3. The van der Waals surface area contributed by atoms with Gasteiger partial charge >= 0.3 is 0 Å². The molecule has 4 aliphatic carbocycles. The summed E-state index contributed by atoms with van der Waals surface area (Å²) in [5.74, 6) is 1.75. The summed E-state index contributed by atoms with van der Waals surface area (Å²) in [6, 6.07) is 0. The first kappa shape index (κ1) is 23.2. The molecular formula is C27H42O4. The van der Waals surface area contributed by atoms with E-state index in [4.69, 9.17) is 0 Å². The highest BCUT2D eigenvalue weighted by atomic mass is 16.3. The summed E-state index contributed by atoms with van der Waals surface area (Å²) in [6.45, 7) is 8.77. The average molecular weight is 431 g/mol. The number of carbonyl (C=O) groups excluding carboxylic acids is 2. The number of hydrogen-bond donors (Lipinski definition) is 2. The van der Waals surface area contributed by atoms with Crippen molar-refractivity contribution in [2.75, 3.05) is 6.61 Å². The monoisotopic (exact) mass is 430 g/mol. The van der Waals surface area contributed by atoms with Gasteiger partial charge in [-0.15, -0.1) is 0 Å². The van der Waals surface area contributed by atoms with Gasteiger partial charge in [0.25, 0.3) is 0 Å². The van der Waals surface area contributed by atoms with E-state index in [2.05, 4.69) is 19.9 Å². The van der Waals surface area contributed by atoms with Crippen LogP contribution in [-0.4, -0.2) is 34.5 Å². The molecule has 0 aliphatic heterocycles. The summed E-state index contributed by atoms with van der Waals surface area (Å²) in [5, 5.41) is 19.5.